The van der Waals surface area contributed by atoms with E-state index in [-0.39, 0.29) is 24.3 Å². The first kappa shape index (κ1) is 13.8. The van der Waals surface area contributed by atoms with Crippen molar-refractivity contribution in [1.82, 2.24) is 4.90 Å². The zero-order chi connectivity index (χ0) is 14.0. The Balaban J connectivity index is 2.15. The maximum absolute atomic E-state index is 12.0. The zero-order valence-electron chi connectivity index (χ0n) is 11.3. The maximum atomic E-state index is 12.0. The molecule has 0 N–H and O–H groups in total. The third-order valence-electron chi connectivity index (χ3n) is 3.86. The number of carbonyl (C=O) groups excluding carboxylic acids is 3. The molecular formula is C13H19NO5. The Morgan fingerprint density at radius 1 is 1.26 bits per heavy atom. The van der Waals surface area contributed by atoms with Gasteiger partial charge in [0, 0.05) is 12.5 Å². The van der Waals surface area contributed by atoms with Crippen molar-refractivity contribution in [3.63, 3.8) is 0 Å². The van der Waals surface area contributed by atoms with Crippen LogP contribution in [-0.2, 0) is 23.9 Å². The quantitative estimate of drug-likeness (QED) is 0.679. The Kier molecular flexibility index (Phi) is 4.07. The second kappa shape index (κ2) is 5.59. The highest BCUT2D eigenvalue weighted by Gasteiger charge is 2.46. The van der Waals surface area contributed by atoms with Crippen LogP contribution in [0.15, 0.2) is 0 Å². The normalized spacial score (nSPS) is 24.2. The first-order valence-electron chi connectivity index (χ1n) is 6.54. The smallest absolute Gasteiger partial charge is 0.328 e. The van der Waals surface area contributed by atoms with E-state index in [2.05, 4.69) is 4.74 Å². The van der Waals surface area contributed by atoms with Crippen molar-refractivity contribution >= 4 is 17.8 Å². The van der Waals surface area contributed by atoms with Gasteiger partial charge in [0.25, 0.3) is 0 Å². The molecule has 0 bridgehead atoms. The second-order valence-electron chi connectivity index (χ2n) is 5.06. The molecule has 1 heterocycles. The van der Waals surface area contributed by atoms with Gasteiger partial charge in [0.1, 0.15) is 6.04 Å². The molecule has 2 rings (SSSR count). The SMILES string of the molecule is COC(=O)CC(C1CC1)N1C(=O)CCC1C(=O)OC. The van der Waals surface area contributed by atoms with E-state index in [1.807, 2.05) is 0 Å². The van der Waals surface area contributed by atoms with E-state index in [0.29, 0.717) is 18.8 Å². The fraction of sp³-hybridized carbons (Fsp3) is 0.769. The lowest BCUT2D eigenvalue weighted by Crippen LogP contribution is -2.48. The molecule has 0 aromatic carbocycles. The van der Waals surface area contributed by atoms with Gasteiger partial charge in [-0.05, 0) is 25.2 Å². The van der Waals surface area contributed by atoms with Crippen LogP contribution in [0.4, 0.5) is 0 Å². The van der Waals surface area contributed by atoms with Gasteiger partial charge in [0.15, 0.2) is 0 Å². The number of hydrogen-bond donors (Lipinski definition) is 0. The van der Waals surface area contributed by atoms with Crippen LogP contribution in [0.5, 0.6) is 0 Å². The number of carbonyl (C=O) groups is 3. The average molecular weight is 269 g/mol. The summed E-state index contributed by atoms with van der Waals surface area (Å²) in [7, 11) is 2.64. The molecule has 1 saturated heterocycles. The van der Waals surface area contributed by atoms with Crippen LogP contribution >= 0.6 is 0 Å². The van der Waals surface area contributed by atoms with E-state index in [1.54, 1.807) is 4.90 Å². The van der Waals surface area contributed by atoms with Gasteiger partial charge in [-0.1, -0.05) is 0 Å². The Bertz CT molecular complexity index is 390. The molecular weight excluding hydrogens is 250 g/mol. The molecule has 6 heteroatoms. The second-order valence-corrected chi connectivity index (χ2v) is 5.06. The van der Waals surface area contributed by atoms with E-state index in [9.17, 15) is 14.4 Å². The first-order chi connectivity index (χ1) is 9.08. The predicted octanol–water partition coefficient (Wildman–Crippen LogP) is 0.492. The van der Waals surface area contributed by atoms with Crippen LogP contribution in [0.1, 0.15) is 32.1 Å². The van der Waals surface area contributed by atoms with Crippen molar-refractivity contribution in [2.45, 2.75) is 44.2 Å². The Morgan fingerprint density at radius 3 is 2.47 bits per heavy atom. The topological polar surface area (TPSA) is 72.9 Å². The number of nitrogens with zero attached hydrogens (tertiary/aromatic N) is 1. The minimum Gasteiger partial charge on any atom is -0.469 e. The van der Waals surface area contributed by atoms with Gasteiger partial charge >= 0.3 is 11.9 Å². The summed E-state index contributed by atoms with van der Waals surface area (Å²) in [6, 6.07) is -0.778. The van der Waals surface area contributed by atoms with Gasteiger partial charge in [-0.3, -0.25) is 9.59 Å². The van der Waals surface area contributed by atoms with Gasteiger partial charge in [0.2, 0.25) is 5.91 Å². The molecule has 19 heavy (non-hydrogen) atoms. The molecule has 1 aliphatic heterocycles. The summed E-state index contributed by atoms with van der Waals surface area (Å²) in [6.45, 7) is 0. The number of hydrogen-bond acceptors (Lipinski definition) is 5. The number of ether oxygens (including phenoxy) is 2. The van der Waals surface area contributed by atoms with Gasteiger partial charge in [-0.2, -0.15) is 0 Å². The lowest BCUT2D eigenvalue weighted by Gasteiger charge is -2.31. The maximum Gasteiger partial charge on any atom is 0.328 e. The van der Waals surface area contributed by atoms with Crippen LogP contribution < -0.4 is 0 Å². The molecule has 1 saturated carbocycles. The number of esters is 2. The standard InChI is InChI=1S/C13H19NO5/c1-18-12(16)7-10(8-3-4-8)14-9(13(17)19-2)5-6-11(14)15/h8-10H,3-7H2,1-2H3. The van der Waals surface area contributed by atoms with E-state index in [0.717, 1.165) is 12.8 Å². The lowest BCUT2D eigenvalue weighted by molar-refractivity contribution is -0.153. The first-order valence-corrected chi connectivity index (χ1v) is 6.54. The van der Waals surface area contributed by atoms with Crippen molar-refractivity contribution in [2.75, 3.05) is 14.2 Å². The van der Waals surface area contributed by atoms with Crippen molar-refractivity contribution in [3.8, 4) is 0 Å². The molecule has 0 spiro atoms. The van der Waals surface area contributed by atoms with Crippen LogP contribution in [0.2, 0.25) is 0 Å². The summed E-state index contributed by atoms with van der Waals surface area (Å²) in [4.78, 5) is 36.8. The molecule has 2 unspecified atom stereocenters. The molecule has 2 fully saturated rings. The molecule has 0 aromatic heterocycles. The summed E-state index contributed by atoms with van der Waals surface area (Å²) >= 11 is 0. The number of likely N-dealkylation sites (tertiary alicyclic amines) is 1. The molecule has 0 radical (unpaired) electrons. The van der Waals surface area contributed by atoms with Gasteiger partial charge in [0.05, 0.1) is 20.6 Å². The molecule has 106 valence electrons. The zero-order valence-corrected chi connectivity index (χ0v) is 11.3. The molecule has 0 aromatic rings. The van der Waals surface area contributed by atoms with Crippen molar-refractivity contribution < 1.29 is 23.9 Å². The van der Waals surface area contributed by atoms with Gasteiger partial charge < -0.3 is 14.4 Å². The Hall–Kier alpha value is -1.59. The summed E-state index contributed by atoms with van der Waals surface area (Å²) in [5, 5.41) is 0. The summed E-state index contributed by atoms with van der Waals surface area (Å²) in [6.07, 6.45) is 2.93. The summed E-state index contributed by atoms with van der Waals surface area (Å²) in [5.41, 5.74) is 0. The van der Waals surface area contributed by atoms with Crippen LogP contribution in [-0.4, -0.2) is 49.0 Å². The van der Waals surface area contributed by atoms with Crippen molar-refractivity contribution in [2.24, 2.45) is 5.92 Å². The highest BCUT2D eigenvalue weighted by molar-refractivity contribution is 5.89. The van der Waals surface area contributed by atoms with Crippen molar-refractivity contribution in [1.29, 1.82) is 0 Å². The number of methoxy groups -OCH3 is 2. The molecule has 2 atom stereocenters. The van der Waals surface area contributed by atoms with E-state index in [1.165, 1.54) is 14.2 Å². The Morgan fingerprint density at radius 2 is 1.95 bits per heavy atom. The molecule has 6 nitrogen and oxygen atoms in total. The largest absolute Gasteiger partial charge is 0.469 e. The van der Waals surface area contributed by atoms with E-state index >= 15 is 0 Å². The fourth-order valence-electron chi connectivity index (χ4n) is 2.71. The number of rotatable bonds is 5. The molecule has 1 amide bonds. The van der Waals surface area contributed by atoms with Crippen molar-refractivity contribution in [3.05, 3.63) is 0 Å². The van der Waals surface area contributed by atoms with Gasteiger partial charge in [-0.15, -0.1) is 0 Å². The van der Waals surface area contributed by atoms with Crippen LogP contribution in [0, 0.1) is 5.92 Å². The lowest BCUT2D eigenvalue weighted by atomic mass is 10.1. The summed E-state index contributed by atoms with van der Waals surface area (Å²) in [5.74, 6) is -0.522. The van der Waals surface area contributed by atoms with Gasteiger partial charge in [-0.25, -0.2) is 4.79 Å². The third kappa shape index (κ3) is 2.88. The minimum absolute atomic E-state index is 0.0730. The highest BCUT2D eigenvalue weighted by Crippen LogP contribution is 2.40. The monoisotopic (exact) mass is 269 g/mol. The molecule has 2 aliphatic rings. The highest BCUT2D eigenvalue weighted by atomic mass is 16.5. The summed E-state index contributed by atoms with van der Waals surface area (Å²) < 4.78 is 9.43. The van der Waals surface area contributed by atoms with E-state index in [4.69, 9.17) is 4.74 Å². The van der Waals surface area contributed by atoms with E-state index < -0.39 is 12.0 Å². The third-order valence-corrected chi connectivity index (χ3v) is 3.86. The van der Waals surface area contributed by atoms with Crippen LogP contribution in [0.25, 0.3) is 0 Å². The molecule has 1 aliphatic carbocycles. The number of amides is 1. The minimum atomic E-state index is -0.548. The fourth-order valence-corrected chi connectivity index (χ4v) is 2.71. The Labute approximate surface area is 112 Å². The van der Waals surface area contributed by atoms with Crippen LogP contribution in [0.3, 0.4) is 0 Å². The predicted molar refractivity (Wildman–Crippen MR) is 65.0 cm³/mol. The average Bonchev–Trinajstić information content (AvgIpc) is 3.18.